The number of cyclic esters (lactones) is 2. The smallest absolute Gasteiger partial charge is 0.382 e. The molecule has 1 aliphatic carbocycles. The van der Waals surface area contributed by atoms with Crippen molar-refractivity contribution < 1.29 is 24.5 Å². The monoisotopic (exact) mass is 258 g/mol. The Kier molecular flexibility index (Phi) is 3.32. The number of carbonyl (C=O) groups is 1. The highest BCUT2D eigenvalue weighted by molar-refractivity contribution is 5.65. The predicted molar refractivity (Wildman–Crippen MR) is 63.4 cm³/mol. The van der Waals surface area contributed by atoms with Crippen molar-refractivity contribution in [1.29, 1.82) is 0 Å². The first-order valence-corrected chi connectivity index (χ1v) is 6.59. The van der Waals surface area contributed by atoms with E-state index in [-0.39, 0.29) is 0 Å². The molecule has 1 atom stereocenters. The highest BCUT2D eigenvalue weighted by Crippen LogP contribution is 2.47. The van der Waals surface area contributed by atoms with E-state index in [1.807, 2.05) is 6.92 Å². The largest absolute Gasteiger partial charge is 0.518 e. The third-order valence-electron chi connectivity index (χ3n) is 4.58. The molecule has 0 aromatic carbocycles. The molecule has 0 aromatic heterocycles. The van der Waals surface area contributed by atoms with Crippen LogP contribution in [0.1, 0.15) is 46.5 Å². The maximum absolute atomic E-state index is 10.6. The molecule has 0 bridgehead atoms. The van der Waals surface area contributed by atoms with Gasteiger partial charge in [-0.1, -0.05) is 20.8 Å². The summed E-state index contributed by atoms with van der Waals surface area (Å²) in [6.07, 6.45) is 1.47. The van der Waals surface area contributed by atoms with Gasteiger partial charge >= 0.3 is 12.1 Å². The van der Waals surface area contributed by atoms with Crippen molar-refractivity contribution in [3.8, 4) is 0 Å². The zero-order chi connectivity index (χ0) is 13.6. The lowest BCUT2D eigenvalue weighted by atomic mass is 9.66. The molecule has 2 N–H and O–H groups in total. The maximum Gasteiger partial charge on any atom is 0.518 e. The van der Waals surface area contributed by atoms with Gasteiger partial charge in [-0.2, -0.15) is 0 Å². The topological polar surface area (TPSA) is 76.0 Å². The van der Waals surface area contributed by atoms with Gasteiger partial charge in [0.1, 0.15) is 0 Å². The van der Waals surface area contributed by atoms with Gasteiger partial charge in [-0.05, 0) is 37.5 Å². The first-order chi connectivity index (χ1) is 8.27. The Labute approximate surface area is 107 Å². The minimum atomic E-state index is -2.14. The maximum atomic E-state index is 10.6. The molecule has 2 rings (SSSR count). The van der Waals surface area contributed by atoms with Gasteiger partial charge in [-0.25, -0.2) is 4.79 Å². The summed E-state index contributed by atoms with van der Waals surface area (Å²) >= 11 is 0. The van der Waals surface area contributed by atoms with Crippen LogP contribution in [0.2, 0.25) is 0 Å². The Morgan fingerprint density at radius 3 is 2.17 bits per heavy atom. The summed E-state index contributed by atoms with van der Waals surface area (Å²) in [5, 5.41) is 20.0. The number of hydrogen-bond donors (Lipinski definition) is 2. The molecule has 1 aliphatic heterocycles. The molecule has 1 unspecified atom stereocenters. The third-order valence-corrected chi connectivity index (χ3v) is 4.58. The molecular weight excluding hydrogens is 236 g/mol. The van der Waals surface area contributed by atoms with E-state index in [9.17, 15) is 15.0 Å². The van der Waals surface area contributed by atoms with Gasteiger partial charge in [0, 0.05) is 5.41 Å². The molecule has 18 heavy (non-hydrogen) atoms. The quantitative estimate of drug-likeness (QED) is 0.757. The van der Waals surface area contributed by atoms with E-state index in [4.69, 9.17) is 0 Å². The standard InChI is InChI=1S/C13H22O5/c1-8(2)9-4-6-12(3,7-5-9)10(14)13(16)17-11(15)18-13/h8-10,14,16H,4-7H2,1-3H3. The minimum Gasteiger partial charge on any atom is -0.382 e. The molecule has 1 saturated carbocycles. The summed E-state index contributed by atoms with van der Waals surface area (Å²) in [6, 6.07) is 0. The van der Waals surface area contributed by atoms with Crippen molar-refractivity contribution in [2.24, 2.45) is 17.3 Å². The minimum absolute atomic E-state index is 0.471. The fraction of sp³-hybridized carbons (Fsp3) is 0.923. The molecule has 5 nitrogen and oxygen atoms in total. The van der Waals surface area contributed by atoms with E-state index in [0.717, 1.165) is 25.7 Å². The Bertz CT molecular complexity index is 322. The van der Waals surface area contributed by atoms with Gasteiger partial charge in [-0.3, -0.25) is 0 Å². The molecule has 0 radical (unpaired) electrons. The van der Waals surface area contributed by atoms with E-state index in [1.165, 1.54) is 0 Å². The normalized spacial score (nSPS) is 36.6. The summed E-state index contributed by atoms with van der Waals surface area (Å²) in [4.78, 5) is 10.6. The van der Waals surface area contributed by atoms with Crippen molar-refractivity contribution in [3.63, 3.8) is 0 Å². The van der Waals surface area contributed by atoms with Gasteiger partial charge in [0.25, 0.3) is 0 Å². The van der Waals surface area contributed by atoms with E-state index in [2.05, 4.69) is 23.3 Å². The summed E-state index contributed by atoms with van der Waals surface area (Å²) in [5.74, 6) is -0.853. The molecule has 0 amide bonds. The molecule has 1 saturated heterocycles. The van der Waals surface area contributed by atoms with Crippen molar-refractivity contribution in [2.75, 3.05) is 0 Å². The average molecular weight is 258 g/mol. The lowest BCUT2D eigenvalue weighted by molar-refractivity contribution is -0.432. The van der Waals surface area contributed by atoms with Gasteiger partial charge in [0.05, 0.1) is 0 Å². The molecule has 1 heterocycles. The number of hydrogen-bond acceptors (Lipinski definition) is 5. The number of aliphatic hydroxyl groups is 2. The van der Waals surface area contributed by atoms with Crippen LogP contribution in [-0.4, -0.2) is 28.4 Å². The zero-order valence-corrected chi connectivity index (χ0v) is 11.2. The van der Waals surface area contributed by atoms with Crippen LogP contribution >= 0.6 is 0 Å². The van der Waals surface area contributed by atoms with Crippen LogP contribution < -0.4 is 0 Å². The number of aliphatic hydroxyl groups excluding tert-OH is 1. The molecule has 2 aliphatic rings. The van der Waals surface area contributed by atoms with Crippen LogP contribution in [0.5, 0.6) is 0 Å². The first-order valence-electron chi connectivity index (χ1n) is 6.59. The molecular formula is C13H22O5. The van der Waals surface area contributed by atoms with E-state index in [0.29, 0.717) is 11.8 Å². The fourth-order valence-corrected chi connectivity index (χ4v) is 3.04. The van der Waals surface area contributed by atoms with Gasteiger partial charge in [0.2, 0.25) is 0 Å². The second-order valence-electron chi connectivity index (χ2n) is 6.22. The second-order valence-corrected chi connectivity index (χ2v) is 6.22. The molecule has 0 spiro atoms. The third kappa shape index (κ3) is 2.21. The van der Waals surface area contributed by atoms with Crippen molar-refractivity contribution in [1.82, 2.24) is 0 Å². The molecule has 2 fully saturated rings. The molecule has 104 valence electrons. The van der Waals surface area contributed by atoms with Gasteiger partial charge < -0.3 is 19.7 Å². The Morgan fingerprint density at radius 1 is 1.28 bits per heavy atom. The van der Waals surface area contributed by atoms with Crippen LogP contribution in [0.3, 0.4) is 0 Å². The van der Waals surface area contributed by atoms with Crippen molar-refractivity contribution in [2.45, 2.75) is 58.5 Å². The molecule has 0 aromatic rings. The lowest BCUT2D eigenvalue weighted by Crippen LogP contribution is -2.63. The summed E-state index contributed by atoms with van der Waals surface area (Å²) < 4.78 is 9.05. The van der Waals surface area contributed by atoms with Crippen LogP contribution in [0, 0.1) is 17.3 Å². The zero-order valence-electron chi connectivity index (χ0n) is 11.2. The van der Waals surface area contributed by atoms with Crippen LogP contribution in [-0.2, 0) is 9.47 Å². The van der Waals surface area contributed by atoms with Crippen LogP contribution in [0.25, 0.3) is 0 Å². The van der Waals surface area contributed by atoms with Crippen molar-refractivity contribution >= 4 is 6.16 Å². The van der Waals surface area contributed by atoms with Crippen molar-refractivity contribution in [3.05, 3.63) is 0 Å². The van der Waals surface area contributed by atoms with Gasteiger partial charge in [-0.15, -0.1) is 0 Å². The summed E-state index contributed by atoms with van der Waals surface area (Å²) in [7, 11) is 0. The Balaban J connectivity index is 1.98. The van der Waals surface area contributed by atoms with E-state index >= 15 is 0 Å². The average Bonchev–Trinajstić information content (AvgIpc) is 2.26. The predicted octanol–water partition coefficient (Wildman–Crippen LogP) is 2.01. The van der Waals surface area contributed by atoms with E-state index in [1.54, 1.807) is 0 Å². The Morgan fingerprint density at radius 2 is 1.78 bits per heavy atom. The first kappa shape index (κ1) is 13.6. The van der Waals surface area contributed by atoms with Crippen LogP contribution in [0.4, 0.5) is 4.79 Å². The highest BCUT2D eigenvalue weighted by Gasteiger charge is 2.60. The lowest BCUT2D eigenvalue weighted by Gasteiger charge is -2.47. The van der Waals surface area contributed by atoms with Crippen LogP contribution in [0.15, 0.2) is 0 Å². The SMILES string of the molecule is CC(C)C1CCC(C)(C(O)C2(O)OC(=O)O2)CC1. The van der Waals surface area contributed by atoms with E-state index < -0.39 is 23.6 Å². The number of rotatable bonds is 3. The summed E-state index contributed by atoms with van der Waals surface area (Å²) in [5.41, 5.74) is -0.471. The highest BCUT2D eigenvalue weighted by atomic mass is 17.0. The molecule has 5 heteroatoms. The Hall–Kier alpha value is -0.810. The summed E-state index contributed by atoms with van der Waals surface area (Å²) in [6.45, 7) is 6.31. The number of ether oxygens (including phenoxy) is 2. The van der Waals surface area contributed by atoms with Gasteiger partial charge in [0.15, 0.2) is 6.10 Å². The number of carbonyl (C=O) groups excluding carboxylic acids is 1. The second kappa shape index (κ2) is 4.38. The fourth-order valence-electron chi connectivity index (χ4n) is 3.04.